The molecule has 0 aliphatic heterocycles. The van der Waals surface area contributed by atoms with Gasteiger partial charge in [-0.15, -0.1) is 0 Å². The number of aromatic nitrogens is 3. The molecule has 0 spiro atoms. The first-order valence-corrected chi connectivity index (χ1v) is 4.73. The summed E-state index contributed by atoms with van der Waals surface area (Å²) in [4.78, 5) is 12.0. The van der Waals surface area contributed by atoms with Crippen molar-refractivity contribution < 1.29 is 4.42 Å². The zero-order valence-corrected chi connectivity index (χ0v) is 8.77. The third kappa shape index (κ3) is 2.45. The third-order valence-electron chi connectivity index (χ3n) is 1.87. The van der Waals surface area contributed by atoms with Gasteiger partial charge in [-0.1, -0.05) is 0 Å². The van der Waals surface area contributed by atoms with Crippen LogP contribution in [-0.2, 0) is 6.54 Å². The molecular formula is C9H12N6O. The lowest BCUT2D eigenvalue weighted by atomic mass is 10.5. The number of nitrogen functional groups attached to an aromatic ring is 1. The molecule has 0 saturated heterocycles. The summed E-state index contributed by atoms with van der Waals surface area (Å²) >= 11 is 0. The van der Waals surface area contributed by atoms with Crippen molar-refractivity contribution in [1.82, 2.24) is 15.0 Å². The molecule has 84 valence electrons. The molecule has 2 aromatic heterocycles. The normalized spacial score (nSPS) is 10.1. The predicted octanol–water partition coefficient (Wildman–Crippen LogP) is 0.671. The van der Waals surface area contributed by atoms with Crippen LogP contribution in [0.5, 0.6) is 0 Å². The Bertz CT molecular complexity index is 469. The molecule has 7 nitrogen and oxygen atoms in total. The van der Waals surface area contributed by atoms with Gasteiger partial charge in [0, 0.05) is 6.20 Å². The van der Waals surface area contributed by atoms with E-state index in [4.69, 9.17) is 10.3 Å². The Hall–Kier alpha value is -2.15. The predicted molar refractivity (Wildman–Crippen MR) is 58.4 cm³/mol. The van der Waals surface area contributed by atoms with Crippen LogP contribution in [0.1, 0.15) is 11.7 Å². The lowest BCUT2D eigenvalue weighted by molar-refractivity contribution is 0.479. The molecule has 0 aliphatic carbocycles. The molecule has 0 bridgehead atoms. The van der Waals surface area contributed by atoms with Gasteiger partial charge in [0.1, 0.15) is 11.6 Å². The minimum absolute atomic E-state index is 0.355. The average Bonchev–Trinajstić information content (AvgIpc) is 2.73. The Kier molecular flexibility index (Phi) is 2.97. The molecule has 0 aliphatic rings. The highest BCUT2D eigenvalue weighted by molar-refractivity contribution is 5.38. The first-order valence-electron chi connectivity index (χ1n) is 4.73. The van der Waals surface area contributed by atoms with Crippen molar-refractivity contribution in [2.45, 2.75) is 13.5 Å². The molecule has 2 rings (SSSR count). The number of hydrazine groups is 1. The monoisotopic (exact) mass is 220 g/mol. The van der Waals surface area contributed by atoms with Crippen LogP contribution in [0.3, 0.4) is 0 Å². The maximum absolute atomic E-state index is 5.30. The second-order valence-electron chi connectivity index (χ2n) is 3.13. The molecule has 2 heterocycles. The average molecular weight is 220 g/mol. The van der Waals surface area contributed by atoms with E-state index in [1.165, 1.54) is 0 Å². The highest BCUT2D eigenvalue weighted by Crippen LogP contribution is 2.07. The standard InChI is InChI=1S/C9H12N6O/c1-6-4-13-8(16-6)5-12-7-2-3-11-9(14-7)15-10/h2-4H,5,10H2,1H3,(H2,11,12,14,15). The minimum atomic E-state index is 0.355. The maximum Gasteiger partial charge on any atom is 0.239 e. The number of nitrogens with zero attached hydrogens (tertiary/aromatic N) is 3. The lowest BCUT2D eigenvalue weighted by Gasteiger charge is -2.03. The van der Waals surface area contributed by atoms with Crippen LogP contribution in [0.4, 0.5) is 11.8 Å². The quantitative estimate of drug-likeness (QED) is 0.514. The maximum atomic E-state index is 5.30. The summed E-state index contributed by atoms with van der Waals surface area (Å²) < 4.78 is 5.30. The number of oxazole rings is 1. The summed E-state index contributed by atoms with van der Waals surface area (Å²) in [5.41, 5.74) is 2.37. The van der Waals surface area contributed by atoms with E-state index < -0.39 is 0 Å². The van der Waals surface area contributed by atoms with Crippen molar-refractivity contribution >= 4 is 11.8 Å². The van der Waals surface area contributed by atoms with E-state index in [1.807, 2.05) is 6.92 Å². The number of hydrogen-bond acceptors (Lipinski definition) is 7. The molecule has 7 heteroatoms. The van der Waals surface area contributed by atoms with Crippen molar-refractivity contribution in [3.05, 3.63) is 30.1 Å². The van der Waals surface area contributed by atoms with Crippen LogP contribution in [0.2, 0.25) is 0 Å². The fourth-order valence-corrected chi connectivity index (χ4v) is 1.18. The van der Waals surface area contributed by atoms with Crippen molar-refractivity contribution in [1.29, 1.82) is 0 Å². The van der Waals surface area contributed by atoms with Gasteiger partial charge in [0.15, 0.2) is 0 Å². The summed E-state index contributed by atoms with van der Waals surface area (Å²) in [6.45, 7) is 2.31. The summed E-state index contributed by atoms with van der Waals surface area (Å²) in [6.07, 6.45) is 3.27. The smallest absolute Gasteiger partial charge is 0.239 e. The van der Waals surface area contributed by atoms with Gasteiger partial charge < -0.3 is 9.73 Å². The van der Waals surface area contributed by atoms with Gasteiger partial charge in [-0.3, -0.25) is 5.43 Å². The number of hydrogen-bond donors (Lipinski definition) is 3. The van der Waals surface area contributed by atoms with E-state index in [0.29, 0.717) is 24.2 Å². The molecule has 0 fully saturated rings. The highest BCUT2D eigenvalue weighted by Gasteiger charge is 2.01. The van der Waals surface area contributed by atoms with Crippen molar-refractivity contribution in [3.63, 3.8) is 0 Å². The van der Waals surface area contributed by atoms with Crippen molar-refractivity contribution in [2.75, 3.05) is 10.7 Å². The Morgan fingerprint density at radius 2 is 2.31 bits per heavy atom. The van der Waals surface area contributed by atoms with E-state index in [9.17, 15) is 0 Å². The van der Waals surface area contributed by atoms with Gasteiger partial charge >= 0.3 is 0 Å². The fourth-order valence-electron chi connectivity index (χ4n) is 1.18. The second kappa shape index (κ2) is 4.58. The van der Waals surface area contributed by atoms with Crippen molar-refractivity contribution in [2.24, 2.45) is 5.84 Å². The first kappa shape index (κ1) is 10.4. The summed E-state index contributed by atoms with van der Waals surface area (Å²) in [6, 6.07) is 1.73. The molecule has 0 aromatic carbocycles. The summed E-state index contributed by atoms with van der Waals surface area (Å²) in [5.74, 6) is 7.59. The van der Waals surface area contributed by atoms with Crippen molar-refractivity contribution in [3.8, 4) is 0 Å². The van der Waals surface area contributed by atoms with Crippen LogP contribution in [-0.4, -0.2) is 15.0 Å². The van der Waals surface area contributed by atoms with Gasteiger partial charge in [-0.05, 0) is 13.0 Å². The number of aryl methyl sites for hydroxylation is 1. The summed E-state index contributed by atoms with van der Waals surface area (Å²) in [5, 5.41) is 3.05. The Balaban J connectivity index is 1.99. The molecule has 0 atom stereocenters. The zero-order chi connectivity index (χ0) is 11.4. The van der Waals surface area contributed by atoms with Gasteiger partial charge in [0.2, 0.25) is 11.8 Å². The van der Waals surface area contributed by atoms with E-state index in [-0.39, 0.29) is 0 Å². The number of nitrogens with two attached hydrogens (primary N) is 1. The number of rotatable bonds is 4. The van der Waals surface area contributed by atoms with Crippen LogP contribution in [0.15, 0.2) is 22.9 Å². The Morgan fingerprint density at radius 1 is 1.44 bits per heavy atom. The Labute approximate surface area is 92.1 Å². The van der Waals surface area contributed by atoms with Crippen LogP contribution in [0, 0.1) is 6.92 Å². The van der Waals surface area contributed by atoms with Gasteiger partial charge in [0.25, 0.3) is 0 Å². The van der Waals surface area contributed by atoms with Gasteiger partial charge in [-0.2, -0.15) is 4.98 Å². The molecule has 2 aromatic rings. The molecule has 4 N–H and O–H groups in total. The second-order valence-corrected chi connectivity index (χ2v) is 3.13. The molecular weight excluding hydrogens is 208 g/mol. The largest absolute Gasteiger partial charge is 0.444 e. The topological polar surface area (TPSA) is 102 Å². The van der Waals surface area contributed by atoms with Crippen LogP contribution < -0.4 is 16.6 Å². The highest BCUT2D eigenvalue weighted by atomic mass is 16.4. The zero-order valence-electron chi connectivity index (χ0n) is 8.77. The third-order valence-corrected chi connectivity index (χ3v) is 1.87. The van der Waals surface area contributed by atoms with E-state index in [1.54, 1.807) is 18.5 Å². The van der Waals surface area contributed by atoms with E-state index in [0.717, 1.165) is 5.76 Å². The number of anilines is 2. The Morgan fingerprint density at radius 3 is 3.00 bits per heavy atom. The summed E-state index contributed by atoms with van der Waals surface area (Å²) in [7, 11) is 0. The molecule has 0 unspecified atom stereocenters. The lowest BCUT2D eigenvalue weighted by Crippen LogP contribution is -2.11. The van der Waals surface area contributed by atoms with Gasteiger partial charge in [-0.25, -0.2) is 15.8 Å². The number of nitrogens with one attached hydrogen (secondary N) is 2. The van der Waals surface area contributed by atoms with Crippen LogP contribution >= 0.6 is 0 Å². The van der Waals surface area contributed by atoms with E-state index >= 15 is 0 Å². The fraction of sp³-hybridized carbons (Fsp3) is 0.222. The molecule has 0 radical (unpaired) electrons. The molecule has 0 amide bonds. The van der Waals surface area contributed by atoms with Gasteiger partial charge in [0.05, 0.1) is 12.7 Å². The van der Waals surface area contributed by atoms with Crippen LogP contribution in [0.25, 0.3) is 0 Å². The minimum Gasteiger partial charge on any atom is -0.444 e. The molecule has 16 heavy (non-hydrogen) atoms. The first-order chi connectivity index (χ1) is 7.78. The molecule has 0 saturated carbocycles. The SMILES string of the molecule is Cc1cnc(CNc2ccnc(NN)n2)o1. The van der Waals surface area contributed by atoms with E-state index in [2.05, 4.69) is 25.7 Å².